The van der Waals surface area contributed by atoms with E-state index >= 15 is 0 Å². The molecule has 0 bridgehead atoms. The average molecular weight is 446 g/mol. The zero-order valence-electron chi connectivity index (χ0n) is 16.1. The fraction of sp³-hybridized carbons (Fsp3) is 0.0769. The van der Waals surface area contributed by atoms with E-state index in [4.69, 9.17) is 9.47 Å². The Kier molecular flexibility index (Phi) is 6.64. The molecule has 4 rings (SSSR count). The molecule has 0 radical (unpaired) electrons. The quantitative estimate of drug-likeness (QED) is 0.304. The predicted octanol–water partition coefficient (Wildman–Crippen LogP) is 3.66. The molecule has 29 heavy (non-hydrogen) atoms. The molecule has 2 nitrogen and oxygen atoms in total. The van der Waals surface area contributed by atoms with Crippen molar-refractivity contribution < 1.29 is 9.47 Å². The van der Waals surface area contributed by atoms with Gasteiger partial charge in [-0.1, -0.05) is 0 Å². The number of para-hydroxylation sites is 2. The molecular formula is C26H23O2Se+. The van der Waals surface area contributed by atoms with Crippen molar-refractivity contribution in [3.8, 4) is 11.5 Å². The summed E-state index contributed by atoms with van der Waals surface area (Å²) in [6, 6.07) is 39.8. The zero-order valence-corrected chi connectivity index (χ0v) is 17.8. The molecule has 0 aliphatic rings. The monoisotopic (exact) mass is 447 g/mol. The van der Waals surface area contributed by atoms with Crippen molar-refractivity contribution in [1.82, 2.24) is 0 Å². The summed E-state index contributed by atoms with van der Waals surface area (Å²) in [4.78, 5) is 0. The van der Waals surface area contributed by atoms with Crippen LogP contribution in [0.3, 0.4) is 0 Å². The number of benzene rings is 4. The van der Waals surface area contributed by atoms with Crippen LogP contribution in [0.1, 0.15) is 0 Å². The first-order valence-corrected chi connectivity index (χ1v) is 12.2. The fourth-order valence-corrected chi connectivity index (χ4v) is 7.65. The molecule has 0 atom stereocenters. The molecule has 0 fully saturated rings. The van der Waals surface area contributed by atoms with Crippen molar-refractivity contribution in [2.75, 3.05) is 13.2 Å². The Morgan fingerprint density at radius 3 is 1.59 bits per heavy atom. The summed E-state index contributed by atoms with van der Waals surface area (Å²) in [5, 5.41) is 0. The second-order valence-electron chi connectivity index (χ2n) is 6.39. The Morgan fingerprint density at radius 2 is 0.966 bits per heavy atom. The van der Waals surface area contributed by atoms with E-state index in [-0.39, 0.29) is 0 Å². The van der Waals surface area contributed by atoms with Crippen LogP contribution in [-0.2, 0) is 0 Å². The SMILES string of the molecule is c1ccc(OCCOc2ccccc2[Se+](c2ccccc2)c2ccccc2)cc1. The van der Waals surface area contributed by atoms with Crippen LogP contribution in [0.2, 0.25) is 0 Å². The van der Waals surface area contributed by atoms with Gasteiger partial charge in [-0.25, -0.2) is 0 Å². The first-order valence-electron chi connectivity index (χ1n) is 9.66. The number of ether oxygens (including phenoxy) is 2. The van der Waals surface area contributed by atoms with Crippen LogP contribution in [0.5, 0.6) is 11.5 Å². The molecule has 4 aromatic rings. The Morgan fingerprint density at radius 1 is 0.483 bits per heavy atom. The van der Waals surface area contributed by atoms with Gasteiger partial charge < -0.3 is 0 Å². The standard InChI is InChI=1S/C26H23O2Se/c1-4-12-22(13-5-1)27-20-21-28-25-18-10-11-19-26(25)29(23-14-6-2-7-15-23)24-16-8-3-9-17-24/h1-19H,20-21H2/q+1. The first-order chi connectivity index (χ1) is 14.4. The third kappa shape index (κ3) is 5.08. The second-order valence-corrected chi connectivity index (χ2v) is 10.6. The molecule has 0 spiro atoms. The van der Waals surface area contributed by atoms with Gasteiger partial charge >= 0.3 is 177 Å². The van der Waals surface area contributed by atoms with E-state index in [9.17, 15) is 0 Å². The maximum atomic E-state index is 6.19. The summed E-state index contributed by atoms with van der Waals surface area (Å²) >= 11 is -1.45. The van der Waals surface area contributed by atoms with Crippen molar-refractivity contribution in [2.24, 2.45) is 0 Å². The molecule has 3 heteroatoms. The molecule has 0 amide bonds. The average Bonchev–Trinajstić information content (AvgIpc) is 2.80. The van der Waals surface area contributed by atoms with Crippen LogP contribution >= 0.6 is 0 Å². The van der Waals surface area contributed by atoms with Crippen LogP contribution in [0.4, 0.5) is 0 Å². The van der Waals surface area contributed by atoms with E-state index in [1.165, 1.54) is 13.4 Å². The van der Waals surface area contributed by atoms with Crippen LogP contribution in [-0.4, -0.2) is 27.1 Å². The molecule has 0 aromatic heterocycles. The van der Waals surface area contributed by atoms with Crippen molar-refractivity contribution in [1.29, 1.82) is 0 Å². The second kappa shape index (κ2) is 9.97. The molecule has 0 unspecified atom stereocenters. The first kappa shape index (κ1) is 19.3. The minimum absolute atomic E-state index is 0.508. The van der Waals surface area contributed by atoms with Gasteiger partial charge in [-0.15, -0.1) is 0 Å². The van der Waals surface area contributed by atoms with Crippen LogP contribution in [0.25, 0.3) is 0 Å². The maximum absolute atomic E-state index is 6.19. The van der Waals surface area contributed by atoms with Gasteiger partial charge in [-0.2, -0.15) is 0 Å². The molecule has 0 aliphatic carbocycles. The Bertz CT molecular complexity index is 965. The minimum atomic E-state index is -1.45. The Balaban J connectivity index is 1.56. The summed E-state index contributed by atoms with van der Waals surface area (Å²) in [5.74, 6) is 1.81. The van der Waals surface area contributed by atoms with E-state index in [0.717, 1.165) is 11.5 Å². The Labute approximate surface area is 176 Å². The van der Waals surface area contributed by atoms with E-state index < -0.39 is 13.9 Å². The molecular weight excluding hydrogens is 423 g/mol. The summed E-state index contributed by atoms with van der Waals surface area (Å²) in [5.41, 5.74) is 0. The number of rotatable bonds is 8. The summed E-state index contributed by atoms with van der Waals surface area (Å²) in [6.07, 6.45) is 0. The summed E-state index contributed by atoms with van der Waals surface area (Å²) in [6.45, 7) is 1.02. The topological polar surface area (TPSA) is 18.5 Å². The normalized spacial score (nSPS) is 10.7. The van der Waals surface area contributed by atoms with Crippen molar-refractivity contribution >= 4 is 27.3 Å². The van der Waals surface area contributed by atoms with Gasteiger partial charge in [-0.3, -0.25) is 0 Å². The number of hydrogen-bond acceptors (Lipinski definition) is 2. The van der Waals surface area contributed by atoms with Gasteiger partial charge in [-0.05, 0) is 0 Å². The third-order valence-electron chi connectivity index (χ3n) is 4.38. The molecule has 0 saturated carbocycles. The summed E-state index contributed by atoms with van der Waals surface area (Å²) in [7, 11) is 0. The van der Waals surface area contributed by atoms with Crippen LogP contribution < -0.4 is 22.9 Å². The van der Waals surface area contributed by atoms with E-state index in [0.29, 0.717) is 13.2 Å². The van der Waals surface area contributed by atoms with Crippen LogP contribution in [0, 0.1) is 0 Å². The molecule has 144 valence electrons. The number of hydrogen-bond donors (Lipinski definition) is 0. The van der Waals surface area contributed by atoms with Crippen molar-refractivity contribution in [2.45, 2.75) is 0 Å². The molecule has 0 heterocycles. The van der Waals surface area contributed by atoms with Gasteiger partial charge in [0.15, 0.2) is 0 Å². The van der Waals surface area contributed by atoms with Crippen molar-refractivity contribution in [3.05, 3.63) is 115 Å². The van der Waals surface area contributed by atoms with Gasteiger partial charge in [0.05, 0.1) is 0 Å². The Hall–Kier alpha value is -3.00. The molecule has 0 N–H and O–H groups in total. The van der Waals surface area contributed by atoms with Gasteiger partial charge in [0, 0.05) is 0 Å². The van der Waals surface area contributed by atoms with E-state index in [1.54, 1.807) is 0 Å². The van der Waals surface area contributed by atoms with Gasteiger partial charge in [0.1, 0.15) is 0 Å². The third-order valence-corrected chi connectivity index (χ3v) is 9.13. The fourth-order valence-electron chi connectivity index (χ4n) is 3.07. The predicted molar refractivity (Wildman–Crippen MR) is 121 cm³/mol. The van der Waals surface area contributed by atoms with Gasteiger partial charge in [0.2, 0.25) is 0 Å². The van der Waals surface area contributed by atoms with Crippen molar-refractivity contribution in [3.63, 3.8) is 0 Å². The van der Waals surface area contributed by atoms with E-state index in [1.807, 2.05) is 36.4 Å². The summed E-state index contributed by atoms with van der Waals surface area (Å²) < 4.78 is 16.0. The van der Waals surface area contributed by atoms with Gasteiger partial charge in [0.25, 0.3) is 0 Å². The van der Waals surface area contributed by atoms with Crippen LogP contribution in [0.15, 0.2) is 115 Å². The zero-order chi connectivity index (χ0) is 19.7. The molecule has 0 saturated heterocycles. The van der Waals surface area contributed by atoms with E-state index in [2.05, 4.69) is 78.9 Å². The molecule has 4 aromatic carbocycles. The molecule has 0 aliphatic heterocycles.